The van der Waals surface area contributed by atoms with Crippen LogP contribution in [0.2, 0.25) is 6.32 Å². The Morgan fingerprint density at radius 2 is 1.78 bits per heavy atom. The molecule has 0 aromatic heterocycles. The maximum Gasteiger partial charge on any atom is 0.451 e. The Kier molecular flexibility index (Phi) is 9.23. The summed E-state index contributed by atoms with van der Waals surface area (Å²) >= 11 is 0. The minimum absolute atomic E-state index is 0. The highest BCUT2D eigenvalue weighted by molar-refractivity contribution is 6.40. The average molecular weight is 303 g/mol. The highest BCUT2D eigenvalue weighted by Gasteiger charge is 2.47. The third kappa shape index (κ3) is 4.91. The number of aliphatic carboxylic acids is 1. The van der Waals surface area contributed by atoms with E-state index in [0.29, 0.717) is 25.8 Å². The Hall–Kier alpha value is -0.0451. The Labute approximate surface area is 119 Å². The van der Waals surface area contributed by atoms with Crippen LogP contribution in [0.5, 0.6) is 0 Å². The van der Waals surface area contributed by atoms with Crippen molar-refractivity contribution in [2.75, 3.05) is 6.54 Å². The van der Waals surface area contributed by atoms with Gasteiger partial charge in [0.1, 0.15) is 5.54 Å². The fourth-order valence-electron chi connectivity index (χ4n) is 2.50. The van der Waals surface area contributed by atoms with E-state index < -0.39 is 18.6 Å². The number of halogens is 2. The zero-order chi connectivity index (χ0) is 12.3. The van der Waals surface area contributed by atoms with Crippen molar-refractivity contribution in [3.63, 3.8) is 0 Å². The molecule has 0 aliphatic heterocycles. The van der Waals surface area contributed by atoms with Crippen molar-refractivity contribution in [1.29, 1.82) is 0 Å². The fraction of sp³-hybridized carbons (Fsp3) is 0.889. The molecule has 1 rings (SSSR count). The number of carbonyl (C=O) groups is 1. The predicted octanol–water partition coefficient (Wildman–Crippen LogP) is -0.540. The highest BCUT2D eigenvalue weighted by atomic mass is 35.5. The SMILES string of the molecule is Cl.Cl.NCC1CC(N)(C(=O)O)CC1CCB(O)O. The first-order valence-corrected chi connectivity index (χ1v) is 5.47. The van der Waals surface area contributed by atoms with Crippen LogP contribution in [-0.4, -0.2) is 40.3 Å². The summed E-state index contributed by atoms with van der Waals surface area (Å²) in [6.45, 7) is 0.387. The number of nitrogens with two attached hydrogens (primary N) is 2. The molecule has 1 saturated carbocycles. The van der Waals surface area contributed by atoms with Crippen molar-refractivity contribution < 1.29 is 19.9 Å². The van der Waals surface area contributed by atoms with E-state index in [9.17, 15) is 4.79 Å². The van der Waals surface area contributed by atoms with Gasteiger partial charge in [0.15, 0.2) is 0 Å². The molecule has 0 bridgehead atoms. The number of hydrogen-bond donors (Lipinski definition) is 5. The lowest BCUT2D eigenvalue weighted by atomic mass is 9.78. The summed E-state index contributed by atoms with van der Waals surface area (Å²) in [5, 5.41) is 26.6. The lowest BCUT2D eigenvalue weighted by Crippen LogP contribution is -2.45. The molecule has 108 valence electrons. The van der Waals surface area contributed by atoms with E-state index in [0.717, 1.165) is 0 Å². The molecule has 7 N–H and O–H groups in total. The third-order valence-corrected chi connectivity index (χ3v) is 3.44. The summed E-state index contributed by atoms with van der Waals surface area (Å²) in [4.78, 5) is 11.0. The Bertz CT molecular complexity index is 273. The fourth-order valence-corrected chi connectivity index (χ4v) is 2.50. The van der Waals surface area contributed by atoms with Gasteiger partial charge in [-0.2, -0.15) is 0 Å². The van der Waals surface area contributed by atoms with E-state index in [2.05, 4.69) is 0 Å². The second kappa shape index (κ2) is 8.19. The lowest BCUT2D eigenvalue weighted by molar-refractivity contribution is -0.143. The first kappa shape index (κ1) is 20.3. The lowest BCUT2D eigenvalue weighted by Gasteiger charge is -2.17. The molecule has 9 heteroatoms. The van der Waals surface area contributed by atoms with Crippen LogP contribution in [0.1, 0.15) is 19.3 Å². The molecular formula is C9H21BCl2N2O4. The van der Waals surface area contributed by atoms with E-state index in [-0.39, 0.29) is 43.0 Å². The summed E-state index contributed by atoms with van der Waals surface area (Å²) < 4.78 is 0. The van der Waals surface area contributed by atoms with E-state index in [4.69, 9.17) is 26.6 Å². The maximum absolute atomic E-state index is 11.0. The Balaban J connectivity index is 0. The van der Waals surface area contributed by atoms with Crippen LogP contribution in [0.25, 0.3) is 0 Å². The van der Waals surface area contributed by atoms with Gasteiger partial charge in [-0.05, 0) is 37.5 Å². The molecule has 6 nitrogen and oxygen atoms in total. The molecule has 1 fully saturated rings. The molecule has 0 spiro atoms. The van der Waals surface area contributed by atoms with E-state index in [1.807, 2.05) is 0 Å². The normalized spacial score (nSPS) is 30.2. The molecule has 1 aliphatic carbocycles. The second-order valence-electron chi connectivity index (χ2n) is 4.68. The van der Waals surface area contributed by atoms with Crippen molar-refractivity contribution in [2.45, 2.75) is 31.1 Å². The van der Waals surface area contributed by atoms with Gasteiger partial charge >= 0.3 is 13.1 Å². The average Bonchev–Trinajstić information content (AvgIpc) is 2.53. The summed E-state index contributed by atoms with van der Waals surface area (Å²) in [7, 11) is -1.35. The Morgan fingerprint density at radius 1 is 1.28 bits per heavy atom. The molecule has 0 amide bonds. The summed E-state index contributed by atoms with van der Waals surface area (Å²) in [6.07, 6.45) is 1.50. The first-order chi connectivity index (χ1) is 7.39. The van der Waals surface area contributed by atoms with Crippen LogP contribution in [0, 0.1) is 11.8 Å². The third-order valence-electron chi connectivity index (χ3n) is 3.44. The van der Waals surface area contributed by atoms with Gasteiger partial charge in [0, 0.05) is 0 Å². The molecule has 3 atom stereocenters. The molecule has 0 aromatic carbocycles. The number of carboxylic acid groups (broad SMARTS) is 1. The maximum atomic E-state index is 11.0. The zero-order valence-corrected chi connectivity index (χ0v) is 11.6. The van der Waals surface area contributed by atoms with Crippen LogP contribution in [0.15, 0.2) is 0 Å². The van der Waals surface area contributed by atoms with Crippen molar-refractivity contribution in [1.82, 2.24) is 0 Å². The molecule has 3 unspecified atom stereocenters. The van der Waals surface area contributed by atoms with Gasteiger partial charge in [-0.15, -0.1) is 24.8 Å². The highest BCUT2D eigenvalue weighted by Crippen LogP contribution is 2.40. The molecule has 1 aliphatic rings. The number of carboxylic acids is 1. The van der Waals surface area contributed by atoms with Gasteiger partial charge < -0.3 is 26.6 Å². The van der Waals surface area contributed by atoms with Crippen molar-refractivity contribution >= 4 is 37.9 Å². The second-order valence-corrected chi connectivity index (χ2v) is 4.68. The number of rotatable bonds is 5. The Morgan fingerprint density at radius 3 is 2.17 bits per heavy atom. The minimum atomic E-state index is -1.35. The molecule has 18 heavy (non-hydrogen) atoms. The quantitative estimate of drug-likeness (QED) is 0.434. The van der Waals surface area contributed by atoms with Gasteiger partial charge in [-0.25, -0.2) is 0 Å². The van der Waals surface area contributed by atoms with E-state index >= 15 is 0 Å². The largest absolute Gasteiger partial charge is 0.480 e. The van der Waals surface area contributed by atoms with Crippen LogP contribution < -0.4 is 11.5 Å². The molecule has 0 aromatic rings. The van der Waals surface area contributed by atoms with Crippen LogP contribution in [0.4, 0.5) is 0 Å². The summed E-state index contributed by atoms with van der Waals surface area (Å²) in [5.41, 5.74) is 10.2. The monoisotopic (exact) mass is 302 g/mol. The van der Waals surface area contributed by atoms with Crippen molar-refractivity contribution in [3.8, 4) is 0 Å². The van der Waals surface area contributed by atoms with E-state index in [1.165, 1.54) is 0 Å². The van der Waals surface area contributed by atoms with Gasteiger partial charge in [-0.1, -0.05) is 6.42 Å². The van der Waals surface area contributed by atoms with Crippen molar-refractivity contribution in [3.05, 3.63) is 0 Å². The molecule has 0 saturated heterocycles. The van der Waals surface area contributed by atoms with Crippen LogP contribution >= 0.6 is 24.8 Å². The van der Waals surface area contributed by atoms with Gasteiger partial charge in [-0.3, -0.25) is 4.79 Å². The zero-order valence-electron chi connectivity index (χ0n) is 9.99. The first-order valence-electron chi connectivity index (χ1n) is 5.47. The summed E-state index contributed by atoms with van der Waals surface area (Å²) in [5.74, 6) is -0.884. The van der Waals surface area contributed by atoms with E-state index in [1.54, 1.807) is 0 Å². The minimum Gasteiger partial charge on any atom is -0.480 e. The standard InChI is InChI=1S/C9H19BN2O4.2ClH/c11-5-7-4-9(12,8(13)14)3-6(7)1-2-10(15)16;;/h6-7,15-16H,1-5,11-12H2,(H,13,14);2*1H. The smallest absolute Gasteiger partial charge is 0.451 e. The molecule has 0 heterocycles. The number of hydrogen-bond acceptors (Lipinski definition) is 5. The topological polar surface area (TPSA) is 130 Å². The molecular weight excluding hydrogens is 282 g/mol. The predicted molar refractivity (Wildman–Crippen MR) is 73.9 cm³/mol. The van der Waals surface area contributed by atoms with Gasteiger partial charge in [0.2, 0.25) is 0 Å². The van der Waals surface area contributed by atoms with Crippen molar-refractivity contribution in [2.24, 2.45) is 23.3 Å². The van der Waals surface area contributed by atoms with Crippen LogP contribution in [-0.2, 0) is 4.79 Å². The van der Waals surface area contributed by atoms with Gasteiger partial charge in [0.25, 0.3) is 0 Å². The van der Waals surface area contributed by atoms with Gasteiger partial charge in [0.05, 0.1) is 0 Å². The molecule has 0 radical (unpaired) electrons. The van der Waals surface area contributed by atoms with Crippen LogP contribution in [0.3, 0.4) is 0 Å². The summed E-state index contributed by atoms with van der Waals surface area (Å²) in [6, 6.07) is 0.